The van der Waals surface area contributed by atoms with Gasteiger partial charge in [0.05, 0.1) is 5.92 Å². The van der Waals surface area contributed by atoms with E-state index in [4.69, 9.17) is 11.6 Å². The first-order valence-electron chi connectivity index (χ1n) is 8.27. The number of carbonyl (C=O) groups excluding carboxylic acids is 2. The lowest BCUT2D eigenvalue weighted by molar-refractivity contribution is -0.129. The highest BCUT2D eigenvalue weighted by molar-refractivity contribution is 6.31. The number of H-pyrrole nitrogens is 1. The van der Waals surface area contributed by atoms with Crippen molar-refractivity contribution >= 4 is 34.3 Å². The molecule has 1 aromatic carbocycles. The maximum Gasteiger partial charge on any atom is 0.225 e. The number of rotatable bonds is 5. The third-order valence-electron chi connectivity index (χ3n) is 4.40. The van der Waals surface area contributed by atoms with Crippen molar-refractivity contribution in [2.45, 2.75) is 32.7 Å². The molecule has 2 aromatic rings. The van der Waals surface area contributed by atoms with E-state index in [1.807, 2.05) is 38.2 Å². The van der Waals surface area contributed by atoms with Crippen LogP contribution in [0.15, 0.2) is 24.4 Å². The zero-order chi connectivity index (χ0) is 17.3. The van der Waals surface area contributed by atoms with Crippen LogP contribution in [0.25, 0.3) is 10.9 Å². The molecule has 2 N–H and O–H groups in total. The number of benzene rings is 1. The molecule has 1 fully saturated rings. The van der Waals surface area contributed by atoms with Gasteiger partial charge in [-0.3, -0.25) is 9.59 Å². The molecule has 0 spiro atoms. The third-order valence-corrected chi connectivity index (χ3v) is 4.63. The van der Waals surface area contributed by atoms with Crippen LogP contribution in [0.3, 0.4) is 0 Å². The minimum absolute atomic E-state index is 0.0280. The highest BCUT2D eigenvalue weighted by Crippen LogP contribution is 2.24. The summed E-state index contributed by atoms with van der Waals surface area (Å²) in [6.45, 7) is 4.97. The van der Waals surface area contributed by atoms with Crippen LogP contribution in [-0.2, 0) is 16.0 Å². The fourth-order valence-corrected chi connectivity index (χ4v) is 3.35. The number of halogens is 1. The van der Waals surface area contributed by atoms with Crippen LogP contribution in [0.5, 0.6) is 0 Å². The van der Waals surface area contributed by atoms with Crippen molar-refractivity contribution in [1.82, 2.24) is 15.2 Å². The average molecular weight is 348 g/mol. The summed E-state index contributed by atoms with van der Waals surface area (Å²) in [6, 6.07) is 5.84. The maximum absolute atomic E-state index is 12.2. The molecule has 1 aliphatic rings. The normalized spacial score (nSPS) is 17.9. The highest BCUT2D eigenvalue weighted by Gasteiger charge is 2.34. The van der Waals surface area contributed by atoms with Gasteiger partial charge in [0.1, 0.15) is 0 Å². The Labute approximate surface area is 146 Å². The number of carbonyl (C=O) groups is 2. The predicted octanol–water partition coefficient (Wildman–Crippen LogP) is 2.74. The van der Waals surface area contributed by atoms with Crippen LogP contribution < -0.4 is 5.32 Å². The number of hydrogen-bond acceptors (Lipinski definition) is 2. The Morgan fingerprint density at radius 3 is 3.00 bits per heavy atom. The van der Waals surface area contributed by atoms with Crippen LogP contribution in [0.1, 0.15) is 25.8 Å². The zero-order valence-corrected chi connectivity index (χ0v) is 14.7. The number of amides is 2. The van der Waals surface area contributed by atoms with Crippen molar-refractivity contribution in [2.75, 3.05) is 13.1 Å². The first-order valence-corrected chi connectivity index (χ1v) is 8.65. The molecule has 24 heavy (non-hydrogen) atoms. The first-order chi connectivity index (χ1) is 11.4. The number of aromatic amines is 1. The van der Waals surface area contributed by atoms with Gasteiger partial charge in [0.15, 0.2) is 0 Å². The van der Waals surface area contributed by atoms with Gasteiger partial charge in [-0.25, -0.2) is 0 Å². The fraction of sp³-hybridized carbons (Fsp3) is 0.444. The van der Waals surface area contributed by atoms with E-state index in [9.17, 15) is 9.59 Å². The predicted molar refractivity (Wildman–Crippen MR) is 95.0 cm³/mol. The molecule has 3 rings (SSSR count). The van der Waals surface area contributed by atoms with Gasteiger partial charge in [0.2, 0.25) is 11.8 Å². The summed E-state index contributed by atoms with van der Waals surface area (Å²) < 4.78 is 0. The summed E-state index contributed by atoms with van der Waals surface area (Å²) in [5.74, 6) is -0.214. The topological polar surface area (TPSA) is 65.2 Å². The molecule has 5 nitrogen and oxygen atoms in total. The number of nitrogens with zero attached hydrogens (tertiary/aromatic N) is 1. The second-order valence-electron chi connectivity index (χ2n) is 6.66. The Bertz CT molecular complexity index is 769. The number of hydrogen-bond donors (Lipinski definition) is 2. The summed E-state index contributed by atoms with van der Waals surface area (Å²) in [5.41, 5.74) is 2.17. The molecule has 0 saturated carbocycles. The van der Waals surface area contributed by atoms with Gasteiger partial charge >= 0.3 is 0 Å². The molecule has 0 bridgehead atoms. The summed E-state index contributed by atoms with van der Waals surface area (Å²) in [7, 11) is 0. The Hall–Kier alpha value is -2.01. The number of likely N-dealkylation sites (tertiary alicyclic amines) is 1. The van der Waals surface area contributed by atoms with Gasteiger partial charge in [-0.15, -0.1) is 0 Å². The number of nitrogens with one attached hydrogen (secondary N) is 2. The second-order valence-corrected chi connectivity index (χ2v) is 7.09. The van der Waals surface area contributed by atoms with E-state index >= 15 is 0 Å². The van der Waals surface area contributed by atoms with Gasteiger partial charge in [0.25, 0.3) is 0 Å². The SMILES string of the molecule is CC(C)NC(=O)[C@@H]1CC(=O)N(CCc2c[nH]c3ccc(Cl)cc23)C1. The zero-order valence-electron chi connectivity index (χ0n) is 13.9. The van der Waals surface area contributed by atoms with Gasteiger partial charge in [-0.05, 0) is 44.0 Å². The summed E-state index contributed by atoms with van der Waals surface area (Å²) in [5, 5.41) is 4.67. The summed E-state index contributed by atoms with van der Waals surface area (Å²) in [4.78, 5) is 29.3. The lowest BCUT2D eigenvalue weighted by atomic mass is 10.1. The molecule has 0 radical (unpaired) electrons. The fourth-order valence-electron chi connectivity index (χ4n) is 3.18. The molecule has 1 aromatic heterocycles. The van der Waals surface area contributed by atoms with E-state index in [0.717, 1.165) is 22.9 Å². The Kier molecular flexibility index (Phi) is 4.81. The second kappa shape index (κ2) is 6.85. The van der Waals surface area contributed by atoms with Gasteiger partial charge < -0.3 is 15.2 Å². The lowest BCUT2D eigenvalue weighted by Crippen LogP contribution is -2.37. The third kappa shape index (κ3) is 3.56. The minimum atomic E-state index is -0.239. The molecule has 0 aliphatic carbocycles. The molecule has 1 saturated heterocycles. The Balaban J connectivity index is 1.63. The standard InChI is InChI=1S/C18H22ClN3O2/c1-11(2)21-18(24)13-7-17(23)22(10-13)6-5-12-9-20-16-4-3-14(19)8-15(12)16/h3-4,8-9,11,13,20H,5-7,10H2,1-2H3,(H,21,24)/t13-/m1/s1. The van der Waals surface area contributed by atoms with Gasteiger partial charge in [-0.1, -0.05) is 11.6 Å². The smallest absolute Gasteiger partial charge is 0.225 e. The lowest BCUT2D eigenvalue weighted by Gasteiger charge is -2.17. The number of fused-ring (bicyclic) bond motifs is 1. The van der Waals surface area contributed by atoms with Crippen LogP contribution in [0, 0.1) is 5.92 Å². The van der Waals surface area contributed by atoms with Gasteiger partial charge in [-0.2, -0.15) is 0 Å². The summed E-state index contributed by atoms with van der Waals surface area (Å²) >= 11 is 6.07. The summed E-state index contributed by atoms with van der Waals surface area (Å²) in [6.07, 6.45) is 3.01. The van der Waals surface area contributed by atoms with Gasteiger partial charge in [0, 0.05) is 47.7 Å². The Morgan fingerprint density at radius 1 is 1.46 bits per heavy atom. The van der Waals surface area contributed by atoms with E-state index in [1.165, 1.54) is 0 Å². The average Bonchev–Trinajstić information content (AvgIpc) is 3.08. The minimum Gasteiger partial charge on any atom is -0.361 e. The molecule has 1 aliphatic heterocycles. The van der Waals surface area contributed by atoms with Crippen molar-refractivity contribution in [3.05, 3.63) is 35.0 Å². The molecule has 1 atom stereocenters. The highest BCUT2D eigenvalue weighted by atomic mass is 35.5. The van der Waals surface area contributed by atoms with E-state index in [0.29, 0.717) is 24.5 Å². The van der Waals surface area contributed by atoms with E-state index < -0.39 is 0 Å². The molecule has 128 valence electrons. The van der Waals surface area contributed by atoms with Crippen molar-refractivity contribution in [3.63, 3.8) is 0 Å². The van der Waals surface area contributed by atoms with Crippen LogP contribution >= 0.6 is 11.6 Å². The Morgan fingerprint density at radius 2 is 2.25 bits per heavy atom. The maximum atomic E-state index is 12.2. The van der Waals surface area contributed by atoms with Crippen LogP contribution in [0.2, 0.25) is 5.02 Å². The van der Waals surface area contributed by atoms with Crippen molar-refractivity contribution in [2.24, 2.45) is 5.92 Å². The van der Waals surface area contributed by atoms with Crippen molar-refractivity contribution < 1.29 is 9.59 Å². The molecule has 2 heterocycles. The molecular formula is C18H22ClN3O2. The van der Waals surface area contributed by atoms with Crippen molar-refractivity contribution in [1.29, 1.82) is 0 Å². The number of aromatic nitrogens is 1. The monoisotopic (exact) mass is 347 g/mol. The quantitative estimate of drug-likeness (QED) is 0.873. The first kappa shape index (κ1) is 16.8. The van der Waals surface area contributed by atoms with Crippen molar-refractivity contribution in [3.8, 4) is 0 Å². The molecular weight excluding hydrogens is 326 g/mol. The molecule has 6 heteroatoms. The van der Waals surface area contributed by atoms with E-state index in [2.05, 4.69) is 10.3 Å². The largest absolute Gasteiger partial charge is 0.361 e. The van der Waals surface area contributed by atoms with Crippen LogP contribution in [0.4, 0.5) is 0 Å². The molecule has 0 unspecified atom stereocenters. The van der Waals surface area contributed by atoms with E-state index in [1.54, 1.807) is 4.90 Å². The van der Waals surface area contributed by atoms with Crippen LogP contribution in [-0.4, -0.2) is 40.8 Å². The van der Waals surface area contributed by atoms with E-state index in [-0.39, 0.29) is 23.8 Å². The molecule has 2 amide bonds.